The fourth-order valence-corrected chi connectivity index (χ4v) is 2.88. The molecule has 18 heavy (non-hydrogen) atoms. The van der Waals surface area contributed by atoms with Crippen LogP contribution in [0.4, 0.5) is 5.82 Å². The van der Waals surface area contributed by atoms with Gasteiger partial charge < -0.3 is 5.32 Å². The smallest absolute Gasteiger partial charge is 0.134 e. The maximum absolute atomic E-state index is 4.78. The lowest BCUT2D eigenvalue weighted by Crippen LogP contribution is -2.15. The van der Waals surface area contributed by atoms with Gasteiger partial charge in [0.25, 0.3) is 0 Å². The van der Waals surface area contributed by atoms with Gasteiger partial charge in [0.05, 0.1) is 0 Å². The summed E-state index contributed by atoms with van der Waals surface area (Å²) in [6.45, 7) is 4.55. The van der Waals surface area contributed by atoms with Crippen LogP contribution in [0.1, 0.15) is 63.4 Å². The van der Waals surface area contributed by atoms with Crippen molar-refractivity contribution in [3.63, 3.8) is 0 Å². The van der Waals surface area contributed by atoms with Crippen LogP contribution in [0.5, 0.6) is 0 Å². The van der Waals surface area contributed by atoms with Gasteiger partial charge in [0, 0.05) is 24.7 Å². The first-order valence-electron chi connectivity index (χ1n) is 7.28. The molecule has 100 valence electrons. The maximum Gasteiger partial charge on any atom is 0.134 e. The molecule has 2 rings (SSSR count). The number of anilines is 1. The number of hydrogen-bond acceptors (Lipinski definition) is 3. The van der Waals surface area contributed by atoms with Crippen LogP contribution in [0.3, 0.4) is 0 Å². The number of nitrogens with one attached hydrogen (secondary N) is 1. The lowest BCUT2D eigenvalue weighted by Gasteiger charge is -2.26. The Morgan fingerprint density at radius 3 is 2.83 bits per heavy atom. The summed E-state index contributed by atoms with van der Waals surface area (Å²) in [4.78, 5) is 9.45. The molecule has 2 unspecified atom stereocenters. The van der Waals surface area contributed by atoms with Gasteiger partial charge in [-0.25, -0.2) is 9.97 Å². The van der Waals surface area contributed by atoms with E-state index in [1.165, 1.54) is 31.4 Å². The van der Waals surface area contributed by atoms with Crippen molar-refractivity contribution in [1.82, 2.24) is 9.97 Å². The fraction of sp³-hybridized carbons (Fsp3) is 0.733. The van der Waals surface area contributed by atoms with Gasteiger partial charge in [0.15, 0.2) is 0 Å². The van der Waals surface area contributed by atoms with Gasteiger partial charge in [0.2, 0.25) is 0 Å². The van der Waals surface area contributed by atoms with Crippen LogP contribution < -0.4 is 5.32 Å². The highest BCUT2D eigenvalue weighted by atomic mass is 15.0. The average Bonchev–Trinajstić information content (AvgIpc) is 2.39. The summed E-state index contributed by atoms with van der Waals surface area (Å²) in [7, 11) is 1.94. The van der Waals surface area contributed by atoms with Crippen LogP contribution in [0.15, 0.2) is 6.07 Å². The van der Waals surface area contributed by atoms with Crippen molar-refractivity contribution in [2.75, 3.05) is 12.4 Å². The molecule has 0 bridgehead atoms. The van der Waals surface area contributed by atoms with E-state index in [-0.39, 0.29) is 0 Å². The third kappa shape index (κ3) is 3.21. The summed E-state index contributed by atoms with van der Waals surface area (Å²) in [5, 5.41) is 3.17. The molecular formula is C15H25N3. The molecule has 1 fully saturated rings. The molecule has 0 amide bonds. The maximum atomic E-state index is 4.78. The molecule has 1 heterocycles. The minimum absolute atomic E-state index is 0.567. The summed E-state index contributed by atoms with van der Waals surface area (Å²) < 4.78 is 0. The van der Waals surface area contributed by atoms with Gasteiger partial charge in [-0.1, -0.05) is 33.1 Å². The van der Waals surface area contributed by atoms with E-state index in [9.17, 15) is 0 Å². The highest BCUT2D eigenvalue weighted by molar-refractivity contribution is 5.35. The molecule has 0 aliphatic heterocycles. The van der Waals surface area contributed by atoms with E-state index in [1.54, 1.807) is 0 Å². The Morgan fingerprint density at radius 2 is 2.17 bits per heavy atom. The molecular weight excluding hydrogens is 222 g/mol. The normalized spacial score (nSPS) is 23.9. The second kappa shape index (κ2) is 6.17. The molecule has 1 N–H and O–H groups in total. The second-order valence-electron chi connectivity index (χ2n) is 5.57. The predicted octanol–water partition coefficient (Wildman–Crippen LogP) is 3.76. The van der Waals surface area contributed by atoms with Crippen molar-refractivity contribution < 1.29 is 0 Å². The van der Waals surface area contributed by atoms with E-state index in [0.717, 1.165) is 30.4 Å². The van der Waals surface area contributed by atoms with Gasteiger partial charge in [0.1, 0.15) is 11.6 Å². The first-order valence-corrected chi connectivity index (χ1v) is 7.28. The molecule has 0 spiro atoms. The Morgan fingerprint density at radius 1 is 1.33 bits per heavy atom. The zero-order valence-corrected chi connectivity index (χ0v) is 11.9. The Hall–Kier alpha value is -1.12. The van der Waals surface area contributed by atoms with Crippen molar-refractivity contribution >= 4 is 5.82 Å². The van der Waals surface area contributed by atoms with Gasteiger partial charge in [-0.05, 0) is 25.2 Å². The molecule has 0 saturated heterocycles. The molecule has 1 aromatic heterocycles. The van der Waals surface area contributed by atoms with E-state index in [0.29, 0.717) is 5.92 Å². The standard InChI is InChI=1S/C15H25N3/c1-4-6-13-10-14(16-3)18-15(17-13)12-8-5-7-11(2)9-12/h10-12H,4-9H2,1-3H3,(H,16,17,18). The highest BCUT2D eigenvalue weighted by Crippen LogP contribution is 2.34. The zero-order chi connectivity index (χ0) is 13.0. The van der Waals surface area contributed by atoms with Crippen LogP contribution in [0.25, 0.3) is 0 Å². The summed E-state index contributed by atoms with van der Waals surface area (Å²) in [6.07, 6.45) is 7.38. The largest absolute Gasteiger partial charge is 0.373 e. The van der Waals surface area contributed by atoms with Gasteiger partial charge in [-0.2, -0.15) is 0 Å². The molecule has 0 aromatic carbocycles. The van der Waals surface area contributed by atoms with E-state index >= 15 is 0 Å². The molecule has 1 saturated carbocycles. The van der Waals surface area contributed by atoms with Crippen molar-refractivity contribution in [2.45, 2.75) is 58.3 Å². The number of hydrogen-bond donors (Lipinski definition) is 1. The minimum atomic E-state index is 0.567. The number of aryl methyl sites for hydroxylation is 1. The summed E-state index contributed by atoms with van der Waals surface area (Å²) in [5.74, 6) is 3.43. The Labute approximate surface area is 110 Å². The highest BCUT2D eigenvalue weighted by Gasteiger charge is 2.23. The first kappa shape index (κ1) is 13.3. The molecule has 1 aliphatic carbocycles. The molecule has 3 nitrogen and oxygen atoms in total. The van der Waals surface area contributed by atoms with E-state index < -0.39 is 0 Å². The molecule has 2 atom stereocenters. The van der Waals surface area contributed by atoms with Crippen LogP contribution in [0.2, 0.25) is 0 Å². The fourth-order valence-electron chi connectivity index (χ4n) is 2.88. The Balaban J connectivity index is 2.22. The summed E-state index contributed by atoms with van der Waals surface area (Å²) in [5.41, 5.74) is 1.19. The first-order chi connectivity index (χ1) is 8.72. The third-order valence-electron chi connectivity index (χ3n) is 3.86. The van der Waals surface area contributed by atoms with Crippen LogP contribution in [0, 0.1) is 5.92 Å². The third-order valence-corrected chi connectivity index (χ3v) is 3.86. The number of nitrogens with zero attached hydrogens (tertiary/aromatic N) is 2. The lowest BCUT2D eigenvalue weighted by molar-refractivity contribution is 0.335. The lowest BCUT2D eigenvalue weighted by atomic mass is 9.82. The van der Waals surface area contributed by atoms with Crippen molar-refractivity contribution in [3.05, 3.63) is 17.6 Å². The van der Waals surface area contributed by atoms with Gasteiger partial charge >= 0.3 is 0 Å². The van der Waals surface area contributed by atoms with Crippen molar-refractivity contribution in [1.29, 1.82) is 0 Å². The number of aromatic nitrogens is 2. The number of rotatable bonds is 4. The van der Waals surface area contributed by atoms with E-state index in [4.69, 9.17) is 4.98 Å². The Kier molecular flexibility index (Phi) is 4.56. The predicted molar refractivity (Wildman–Crippen MR) is 75.9 cm³/mol. The van der Waals surface area contributed by atoms with Crippen LogP contribution in [-0.4, -0.2) is 17.0 Å². The van der Waals surface area contributed by atoms with Gasteiger partial charge in [-0.3, -0.25) is 0 Å². The molecule has 1 aliphatic rings. The second-order valence-corrected chi connectivity index (χ2v) is 5.57. The van der Waals surface area contributed by atoms with Crippen LogP contribution in [-0.2, 0) is 6.42 Å². The molecule has 0 radical (unpaired) electrons. The van der Waals surface area contributed by atoms with Crippen LogP contribution >= 0.6 is 0 Å². The Bertz CT molecular complexity index is 389. The minimum Gasteiger partial charge on any atom is -0.373 e. The quantitative estimate of drug-likeness (QED) is 0.880. The molecule has 1 aromatic rings. The zero-order valence-electron chi connectivity index (χ0n) is 11.9. The van der Waals surface area contributed by atoms with Gasteiger partial charge in [-0.15, -0.1) is 0 Å². The average molecular weight is 247 g/mol. The SMILES string of the molecule is CCCc1cc(NC)nc(C2CCCC(C)C2)n1. The summed E-state index contributed by atoms with van der Waals surface area (Å²) >= 11 is 0. The summed E-state index contributed by atoms with van der Waals surface area (Å²) in [6, 6.07) is 2.08. The van der Waals surface area contributed by atoms with Crippen molar-refractivity contribution in [2.24, 2.45) is 5.92 Å². The van der Waals surface area contributed by atoms with E-state index in [2.05, 4.69) is 30.2 Å². The van der Waals surface area contributed by atoms with E-state index in [1.807, 2.05) is 7.05 Å². The monoisotopic (exact) mass is 247 g/mol. The molecule has 3 heteroatoms. The van der Waals surface area contributed by atoms with Crippen molar-refractivity contribution in [3.8, 4) is 0 Å². The topological polar surface area (TPSA) is 37.8 Å².